The van der Waals surface area contributed by atoms with Crippen molar-refractivity contribution in [1.29, 1.82) is 0 Å². The van der Waals surface area contributed by atoms with Crippen LogP contribution in [0.1, 0.15) is 0 Å². The van der Waals surface area contributed by atoms with Gasteiger partial charge >= 0.3 is 0 Å². The average Bonchev–Trinajstić information content (AvgIpc) is 3.14. The van der Waals surface area contributed by atoms with Crippen LogP contribution in [0.3, 0.4) is 0 Å². The van der Waals surface area contributed by atoms with Gasteiger partial charge in [0.05, 0.1) is 14.9 Å². The number of nitrogens with zero attached hydrogens (tertiary/aromatic N) is 2. The number of sulfonamides is 1. The Hall–Kier alpha value is -1.06. The molecule has 0 saturated carbocycles. The standard InChI is InChI=1S/C16H17ClN2O3S3/c17-13-3-5-14(6-4-13)25(21,22)19-9-7-18(8-10-19)15(20)12-24-16-2-1-11-23-16/h1-6,11H,7-10,12H2. The first kappa shape index (κ1) is 18.7. The Morgan fingerprint density at radius 3 is 2.40 bits per heavy atom. The first-order valence-corrected chi connectivity index (χ1v) is 11.3. The van der Waals surface area contributed by atoms with E-state index in [1.165, 1.54) is 28.2 Å². The van der Waals surface area contributed by atoms with Crippen LogP contribution in [0.2, 0.25) is 5.02 Å². The van der Waals surface area contributed by atoms with E-state index in [9.17, 15) is 13.2 Å². The molecular weight excluding hydrogens is 400 g/mol. The van der Waals surface area contributed by atoms with Crippen LogP contribution < -0.4 is 0 Å². The van der Waals surface area contributed by atoms with Crippen LogP contribution in [0.4, 0.5) is 0 Å². The Kier molecular flexibility index (Phi) is 6.06. The van der Waals surface area contributed by atoms with Crippen molar-refractivity contribution in [3.8, 4) is 0 Å². The molecule has 1 aromatic heterocycles. The van der Waals surface area contributed by atoms with E-state index in [4.69, 9.17) is 11.6 Å². The summed E-state index contributed by atoms with van der Waals surface area (Å²) in [5.74, 6) is 0.423. The number of hydrogen-bond donors (Lipinski definition) is 0. The largest absolute Gasteiger partial charge is 0.339 e. The van der Waals surface area contributed by atoms with E-state index in [-0.39, 0.29) is 10.8 Å². The fourth-order valence-corrected chi connectivity index (χ4v) is 5.74. The maximum Gasteiger partial charge on any atom is 0.243 e. The molecule has 1 saturated heterocycles. The summed E-state index contributed by atoms with van der Waals surface area (Å²) < 4.78 is 27.8. The highest BCUT2D eigenvalue weighted by molar-refractivity contribution is 8.01. The number of carbonyl (C=O) groups is 1. The molecule has 0 radical (unpaired) electrons. The smallest absolute Gasteiger partial charge is 0.243 e. The summed E-state index contributed by atoms with van der Waals surface area (Å²) in [6.45, 7) is 1.44. The Labute approximate surface area is 160 Å². The van der Waals surface area contributed by atoms with Crippen LogP contribution in [0, 0.1) is 0 Å². The number of piperazine rings is 1. The third-order valence-corrected chi connectivity index (χ3v) is 8.16. The molecule has 1 aromatic carbocycles. The van der Waals surface area contributed by atoms with Gasteiger partial charge in [0.25, 0.3) is 0 Å². The molecule has 2 heterocycles. The Balaban J connectivity index is 1.55. The van der Waals surface area contributed by atoms with E-state index >= 15 is 0 Å². The average molecular weight is 417 g/mol. The quantitative estimate of drug-likeness (QED) is 0.703. The van der Waals surface area contributed by atoms with Gasteiger partial charge in [-0.25, -0.2) is 8.42 Å². The van der Waals surface area contributed by atoms with Gasteiger partial charge in [-0.15, -0.1) is 23.1 Å². The second-order valence-electron chi connectivity index (χ2n) is 5.46. The molecule has 0 atom stereocenters. The Bertz CT molecular complexity index is 815. The summed E-state index contributed by atoms with van der Waals surface area (Å²) in [6.07, 6.45) is 0. The fourth-order valence-electron chi connectivity index (χ4n) is 2.50. The topological polar surface area (TPSA) is 57.7 Å². The van der Waals surface area contributed by atoms with Crippen molar-refractivity contribution in [1.82, 2.24) is 9.21 Å². The molecule has 1 amide bonds. The zero-order valence-corrected chi connectivity index (χ0v) is 16.5. The zero-order chi connectivity index (χ0) is 17.9. The second-order valence-corrected chi connectivity index (χ2v) is 10.1. The number of thioether (sulfide) groups is 1. The van der Waals surface area contributed by atoms with Crippen molar-refractivity contribution in [2.24, 2.45) is 0 Å². The Morgan fingerprint density at radius 1 is 1.12 bits per heavy atom. The van der Waals surface area contributed by atoms with Gasteiger partial charge in [0.15, 0.2) is 0 Å². The summed E-state index contributed by atoms with van der Waals surface area (Å²) >= 11 is 8.94. The zero-order valence-electron chi connectivity index (χ0n) is 13.3. The van der Waals surface area contributed by atoms with Gasteiger partial charge in [-0.2, -0.15) is 4.31 Å². The normalized spacial score (nSPS) is 16.1. The van der Waals surface area contributed by atoms with E-state index in [2.05, 4.69) is 0 Å². The lowest BCUT2D eigenvalue weighted by Crippen LogP contribution is -2.50. The molecule has 9 heteroatoms. The molecule has 3 rings (SSSR count). The third-order valence-electron chi connectivity index (χ3n) is 3.88. The van der Waals surface area contributed by atoms with Crippen LogP contribution in [-0.4, -0.2) is 55.5 Å². The van der Waals surface area contributed by atoms with Gasteiger partial charge in [-0.3, -0.25) is 4.79 Å². The minimum atomic E-state index is -3.54. The molecule has 1 fully saturated rings. The van der Waals surface area contributed by atoms with Crippen molar-refractivity contribution in [3.63, 3.8) is 0 Å². The third kappa shape index (κ3) is 4.57. The van der Waals surface area contributed by atoms with Crippen molar-refractivity contribution >= 4 is 50.6 Å². The SMILES string of the molecule is O=C(CSc1cccs1)N1CCN(S(=O)(=O)c2ccc(Cl)cc2)CC1. The molecule has 134 valence electrons. The van der Waals surface area contributed by atoms with Crippen molar-refractivity contribution in [2.45, 2.75) is 9.10 Å². The molecule has 2 aromatic rings. The van der Waals surface area contributed by atoms with E-state index in [1.807, 2.05) is 17.5 Å². The lowest BCUT2D eigenvalue weighted by Gasteiger charge is -2.34. The second kappa shape index (κ2) is 8.09. The molecule has 0 unspecified atom stereocenters. The van der Waals surface area contributed by atoms with Crippen LogP contribution in [0.5, 0.6) is 0 Å². The minimum Gasteiger partial charge on any atom is -0.339 e. The molecule has 1 aliphatic heterocycles. The van der Waals surface area contributed by atoms with Gasteiger partial charge in [0.2, 0.25) is 15.9 Å². The lowest BCUT2D eigenvalue weighted by atomic mass is 10.3. The van der Waals surface area contributed by atoms with Crippen LogP contribution >= 0.6 is 34.7 Å². The maximum atomic E-state index is 12.6. The summed E-state index contributed by atoms with van der Waals surface area (Å²) in [4.78, 5) is 14.2. The summed E-state index contributed by atoms with van der Waals surface area (Å²) in [6, 6.07) is 10.1. The number of rotatable bonds is 5. The van der Waals surface area contributed by atoms with E-state index in [0.717, 1.165) is 4.21 Å². The fraction of sp³-hybridized carbons (Fsp3) is 0.312. The van der Waals surface area contributed by atoms with Crippen LogP contribution in [0.25, 0.3) is 0 Å². The van der Waals surface area contributed by atoms with Gasteiger partial charge in [0.1, 0.15) is 0 Å². The molecule has 1 aliphatic rings. The Morgan fingerprint density at radius 2 is 1.80 bits per heavy atom. The lowest BCUT2D eigenvalue weighted by molar-refractivity contribution is -0.129. The molecule has 0 aliphatic carbocycles. The van der Waals surface area contributed by atoms with Gasteiger partial charge < -0.3 is 4.90 Å². The highest BCUT2D eigenvalue weighted by Crippen LogP contribution is 2.24. The first-order valence-electron chi connectivity index (χ1n) is 7.66. The first-order chi connectivity index (χ1) is 12.0. The van der Waals surface area contributed by atoms with Gasteiger partial charge in [-0.05, 0) is 35.7 Å². The molecular formula is C16H17ClN2O3S3. The van der Waals surface area contributed by atoms with Gasteiger partial charge in [-0.1, -0.05) is 17.7 Å². The van der Waals surface area contributed by atoms with Crippen molar-refractivity contribution < 1.29 is 13.2 Å². The molecule has 5 nitrogen and oxygen atoms in total. The number of carbonyl (C=O) groups excluding carboxylic acids is 1. The highest BCUT2D eigenvalue weighted by Gasteiger charge is 2.30. The van der Waals surface area contributed by atoms with Crippen molar-refractivity contribution in [2.75, 3.05) is 31.9 Å². The minimum absolute atomic E-state index is 0.0435. The molecule has 25 heavy (non-hydrogen) atoms. The van der Waals surface area contributed by atoms with Crippen LogP contribution in [0.15, 0.2) is 50.9 Å². The number of amides is 1. The summed E-state index contributed by atoms with van der Waals surface area (Å²) in [7, 11) is -3.54. The van der Waals surface area contributed by atoms with E-state index < -0.39 is 10.0 Å². The highest BCUT2D eigenvalue weighted by atomic mass is 35.5. The van der Waals surface area contributed by atoms with E-state index in [1.54, 1.807) is 28.4 Å². The molecule has 0 bridgehead atoms. The predicted molar refractivity (Wildman–Crippen MR) is 102 cm³/mol. The predicted octanol–water partition coefficient (Wildman–Crippen LogP) is 3.03. The van der Waals surface area contributed by atoms with Gasteiger partial charge in [0, 0.05) is 31.2 Å². The van der Waals surface area contributed by atoms with E-state index in [0.29, 0.717) is 37.0 Å². The molecule has 0 N–H and O–H groups in total. The van der Waals surface area contributed by atoms with Crippen LogP contribution in [-0.2, 0) is 14.8 Å². The molecule has 0 spiro atoms. The number of hydrogen-bond acceptors (Lipinski definition) is 5. The van der Waals surface area contributed by atoms with Crippen molar-refractivity contribution in [3.05, 3.63) is 46.8 Å². The maximum absolute atomic E-state index is 12.6. The number of halogens is 1. The summed E-state index contributed by atoms with van der Waals surface area (Å²) in [5.41, 5.74) is 0. The number of benzene rings is 1. The monoisotopic (exact) mass is 416 g/mol. The summed E-state index contributed by atoms with van der Waals surface area (Å²) in [5, 5.41) is 2.48. The number of thiophene rings is 1.